The van der Waals surface area contributed by atoms with Crippen LogP contribution in [-0.2, 0) is 13.3 Å². The average molecular weight is 275 g/mol. The Morgan fingerprint density at radius 3 is 2.06 bits per heavy atom. The Kier molecular flexibility index (Phi) is 10.00. The van der Waals surface area contributed by atoms with Crippen LogP contribution in [0.5, 0.6) is 0 Å². The number of hydrogen-bond donors (Lipinski definition) is 0. The van der Waals surface area contributed by atoms with Gasteiger partial charge in [0.15, 0.2) is 0 Å². The van der Waals surface area contributed by atoms with Crippen LogP contribution >= 0.6 is 0 Å². The van der Waals surface area contributed by atoms with Crippen molar-refractivity contribution in [1.82, 2.24) is 0 Å². The van der Waals surface area contributed by atoms with Gasteiger partial charge in [0.05, 0.1) is 0 Å². The van der Waals surface area contributed by atoms with E-state index in [-0.39, 0.29) is 5.67 Å². The summed E-state index contributed by atoms with van der Waals surface area (Å²) >= 11 is 0. The molecule has 0 heterocycles. The van der Waals surface area contributed by atoms with Gasteiger partial charge in [-0.2, -0.15) is 0 Å². The van der Waals surface area contributed by atoms with Crippen LogP contribution in [0.15, 0.2) is 5.11 Å². The fraction of sp³-hybridized carbons (Fsp3) is 1.00. The third-order valence-corrected chi connectivity index (χ3v) is 5.96. The smallest absolute Gasteiger partial charge is 0.377 e. The van der Waals surface area contributed by atoms with E-state index in [0.717, 1.165) is 19.3 Å². The van der Waals surface area contributed by atoms with Crippen molar-refractivity contribution in [3.05, 3.63) is 10.4 Å². The maximum atomic E-state index is 8.64. The van der Waals surface area contributed by atoms with Gasteiger partial charge in [-0.3, -0.25) is 0 Å². The summed E-state index contributed by atoms with van der Waals surface area (Å²) in [6.45, 7) is 2.18. The molecule has 7 heteroatoms. The molecule has 0 amide bonds. The number of hydrogen-bond acceptors (Lipinski definition) is 4. The molecule has 0 N–H and O–H groups in total. The molecule has 0 rings (SSSR count). The predicted molar refractivity (Wildman–Crippen MR) is 73.1 cm³/mol. The van der Waals surface area contributed by atoms with Gasteiger partial charge in [0.2, 0.25) is 0 Å². The minimum atomic E-state index is -2.86. The second kappa shape index (κ2) is 10.3. The zero-order valence-electron chi connectivity index (χ0n) is 11.9. The van der Waals surface area contributed by atoms with Gasteiger partial charge in [-0.25, -0.2) is 0 Å². The molecule has 0 spiro atoms. The first kappa shape index (κ1) is 17.4. The van der Waals surface area contributed by atoms with Crippen molar-refractivity contribution in [3.63, 3.8) is 0 Å². The second-order valence-electron chi connectivity index (χ2n) is 4.14. The van der Waals surface area contributed by atoms with Crippen LogP contribution < -0.4 is 0 Å². The molecule has 1 unspecified atom stereocenters. The minimum Gasteiger partial charge on any atom is -0.377 e. The van der Waals surface area contributed by atoms with Gasteiger partial charge in [0, 0.05) is 26.2 Å². The van der Waals surface area contributed by atoms with Crippen LogP contribution in [0.4, 0.5) is 0 Å². The van der Waals surface area contributed by atoms with Gasteiger partial charge in [-0.1, -0.05) is 44.1 Å². The Bertz CT molecular complexity index is 248. The highest BCUT2D eigenvalue weighted by Gasteiger charge is 2.46. The first-order valence-electron chi connectivity index (χ1n) is 6.40. The highest BCUT2D eigenvalue weighted by atomic mass is 28.4. The van der Waals surface area contributed by atoms with Crippen LogP contribution in [0.3, 0.4) is 0 Å². The van der Waals surface area contributed by atoms with E-state index in [4.69, 9.17) is 18.8 Å². The topological polar surface area (TPSA) is 76.5 Å². The summed E-state index contributed by atoms with van der Waals surface area (Å²) in [7, 11) is 1.76. The van der Waals surface area contributed by atoms with E-state index >= 15 is 0 Å². The number of nitrogens with zero attached hydrogens (tertiary/aromatic N) is 3. The molecule has 0 aliphatic carbocycles. The number of rotatable bonds is 11. The maximum absolute atomic E-state index is 8.64. The quantitative estimate of drug-likeness (QED) is 0.190. The molecule has 0 fully saturated rings. The molecule has 0 aromatic carbocycles. The first-order valence-corrected chi connectivity index (χ1v) is 8.20. The van der Waals surface area contributed by atoms with Crippen molar-refractivity contribution < 1.29 is 13.3 Å². The van der Waals surface area contributed by atoms with E-state index in [0.29, 0.717) is 0 Å². The lowest BCUT2D eigenvalue weighted by atomic mass is 10.1. The predicted octanol–water partition coefficient (Wildman–Crippen LogP) is 3.44. The van der Waals surface area contributed by atoms with Crippen molar-refractivity contribution in [2.45, 2.75) is 51.1 Å². The van der Waals surface area contributed by atoms with Crippen LogP contribution in [-0.4, -0.2) is 35.8 Å². The first-order chi connectivity index (χ1) is 8.70. The molecule has 6 nitrogen and oxygen atoms in total. The van der Waals surface area contributed by atoms with Gasteiger partial charge in [-0.05, 0) is 12.0 Å². The van der Waals surface area contributed by atoms with Crippen molar-refractivity contribution >= 4 is 8.80 Å². The van der Waals surface area contributed by atoms with Gasteiger partial charge in [-0.15, -0.1) is 0 Å². The molecule has 0 aliphatic rings. The third-order valence-electron chi connectivity index (χ3n) is 3.03. The summed E-state index contributed by atoms with van der Waals surface area (Å²) in [4.78, 5) is 2.88. The summed E-state index contributed by atoms with van der Waals surface area (Å²) in [5.74, 6) is 0. The molecule has 0 saturated carbocycles. The molecule has 0 aliphatic heterocycles. The van der Waals surface area contributed by atoms with Crippen molar-refractivity contribution in [2.75, 3.05) is 21.3 Å². The van der Waals surface area contributed by atoms with Gasteiger partial charge >= 0.3 is 8.80 Å². The lowest BCUT2D eigenvalue weighted by Crippen LogP contribution is -2.53. The van der Waals surface area contributed by atoms with E-state index < -0.39 is 8.80 Å². The lowest BCUT2D eigenvalue weighted by molar-refractivity contribution is 0.111. The molecule has 0 radical (unpaired) electrons. The molecule has 18 heavy (non-hydrogen) atoms. The average Bonchev–Trinajstić information content (AvgIpc) is 2.41. The summed E-state index contributed by atoms with van der Waals surface area (Å²) in [5.41, 5.74) is 8.30. The molecule has 106 valence electrons. The minimum absolute atomic E-state index is 0.343. The monoisotopic (exact) mass is 275 g/mol. The third kappa shape index (κ3) is 5.37. The highest BCUT2D eigenvalue weighted by Crippen LogP contribution is 2.21. The molecular formula is C11H25N3O3Si. The van der Waals surface area contributed by atoms with Gasteiger partial charge in [0.1, 0.15) is 5.67 Å². The molecule has 0 aromatic rings. The summed E-state index contributed by atoms with van der Waals surface area (Å²) in [6, 6.07) is 0. The van der Waals surface area contributed by atoms with E-state index in [9.17, 15) is 0 Å². The largest absolute Gasteiger partial charge is 0.509 e. The summed E-state index contributed by atoms with van der Waals surface area (Å²) in [6.07, 6.45) is 6.54. The lowest BCUT2D eigenvalue weighted by Gasteiger charge is -2.29. The van der Waals surface area contributed by atoms with E-state index in [1.807, 2.05) is 0 Å². The standard InChI is InChI=1S/C11H25N3O3Si/c1-5-6-7-8-9-10-11(13-14-12)18(15-2,16-3)17-4/h11H,5-10H2,1-4H3. The second-order valence-corrected chi connectivity index (χ2v) is 7.24. The number of azide groups is 1. The van der Waals surface area contributed by atoms with E-state index in [1.165, 1.54) is 40.6 Å². The van der Waals surface area contributed by atoms with Crippen LogP contribution in [0.1, 0.15) is 45.4 Å². The zero-order chi connectivity index (χ0) is 13.9. The molecule has 0 saturated heterocycles. The Hall–Kier alpha value is -0.593. The SMILES string of the molecule is CCCCCCCC(N=[N+]=[N-])[Si](OC)(OC)OC. The van der Waals surface area contributed by atoms with Gasteiger partial charge in [0.25, 0.3) is 0 Å². The normalized spacial score (nSPS) is 13.1. The van der Waals surface area contributed by atoms with Crippen LogP contribution in [0.2, 0.25) is 0 Å². The fourth-order valence-electron chi connectivity index (χ4n) is 1.97. The Morgan fingerprint density at radius 1 is 1.06 bits per heavy atom. The summed E-state index contributed by atoms with van der Waals surface area (Å²) < 4.78 is 16.1. The summed E-state index contributed by atoms with van der Waals surface area (Å²) in [5, 5.41) is 3.79. The van der Waals surface area contributed by atoms with E-state index in [1.54, 1.807) is 0 Å². The Labute approximate surface area is 111 Å². The fourth-order valence-corrected chi connectivity index (χ4v) is 4.03. The zero-order valence-corrected chi connectivity index (χ0v) is 12.9. The van der Waals surface area contributed by atoms with Crippen molar-refractivity contribution in [2.24, 2.45) is 5.11 Å². The molecular weight excluding hydrogens is 250 g/mol. The Morgan fingerprint density at radius 2 is 1.61 bits per heavy atom. The maximum Gasteiger partial charge on any atom is 0.509 e. The molecule has 1 atom stereocenters. The molecule has 0 bridgehead atoms. The Balaban J connectivity index is 4.40. The van der Waals surface area contributed by atoms with Crippen LogP contribution in [0.25, 0.3) is 10.4 Å². The van der Waals surface area contributed by atoms with Crippen molar-refractivity contribution in [3.8, 4) is 0 Å². The van der Waals surface area contributed by atoms with E-state index in [2.05, 4.69) is 16.9 Å². The number of unbranched alkanes of at least 4 members (excludes halogenated alkanes) is 4. The van der Waals surface area contributed by atoms with Crippen LogP contribution in [0, 0.1) is 0 Å². The van der Waals surface area contributed by atoms with Crippen molar-refractivity contribution in [1.29, 1.82) is 0 Å². The molecule has 0 aromatic heterocycles. The highest BCUT2D eigenvalue weighted by molar-refractivity contribution is 6.62. The van der Waals surface area contributed by atoms with Gasteiger partial charge < -0.3 is 13.3 Å².